The van der Waals surface area contributed by atoms with E-state index in [4.69, 9.17) is 0 Å². The van der Waals surface area contributed by atoms with Gasteiger partial charge in [-0.15, -0.1) is 12.4 Å². The second-order valence-corrected chi connectivity index (χ2v) is 6.81. The molecule has 2 fully saturated rings. The van der Waals surface area contributed by atoms with Crippen LogP contribution in [-0.2, 0) is 16.0 Å². The molecule has 1 unspecified atom stereocenters. The van der Waals surface area contributed by atoms with Gasteiger partial charge in [0.2, 0.25) is 11.8 Å². The van der Waals surface area contributed by atoms with E-state index in [2.05, 4.69) is 22.5 Å². The molecule has 3 rings (SSSR count). The largest absolute Gasteiger partial charge is 0.339 e. The standard InChI is InChI=1S/C19H28N4O2.ClH/c1-2-15-6-3-4-7-16(15)21-18(24)14-22-10-12-23(13-11-22)19(25)17-8-5-9-20-17;/h3-4,6-7,17,20H,2,5,8-14H2,1H3,(H,21,24);1H. The average Bonchev–Trinajstić information content (AvgIpc) is 3.17. The quantitative estimate of drug-likeness (QED) is 0.812. The Morgan fingerprint density at radius 3 is 2.58 bits per heavy atom. The Kier molecular flexibility index (Phi) is 7.87. The molecule has 0 aromatic heterocycles. The van der Waals surface area contributed by atoms with Crippen molar-refractivity contribution in [3.05, 3.63) is 29.8 Å². The summed E-state index contributed by atoms with van der Waals surface area (Å²) in [5.41, 5.74) is 2.05. The van der Waals surface area contributed by atoms with Gasteiger partial charge in [-0.05, 0) is 37.4 Å². The summed E-state index contributed by atoms with van der Waals surface area (Å²) in [5, 5.41) is 6.28. The zero-order valence-corrected chi connectivity index (χ0v) is 16.2. The molecule has 6 nitrogen and oxygen atoms in total. The number of para-hydroxylation sites is 1. The molecule has 2 amide bonds. The number of anilines is 1. The number of nitrogens with zero attached hydrogens (tertiary/aromatic N) is 2. The van der Waals surface area contributed by atoms with Gasteiger partial charge in [-0.25, -0.2) is 0 Å². The van der Waals surface area contributed by atoms with E-state index in [1.54, 1.807) is 0 Å². The molecule has 2 heterocycles. The van der Waals surface area contributed by atoms with Gasteiger partial charge < -0.3 is 15.5 Å². The van der Waals surface area contributed by atoms with Crippen LogP contribution in [0, 0.1) is 0 Å². The first-order chi connectivity index (χ1) is 12.2. The Bertz CT molecular complexity index is 611. The van der Waals surface area contributed by atoms with Crippen LogP contribution < -0.4 is 10.6 Å². The Morgan fingerprint density at radius 1 is 1.19 bits per heavy atom. The molecular formula is C19H29ClN4O2. The first-order valence-corrected chi connectivity index (χ1v) is 9.29. The zero-order chi connectivity index (χ0) is 17.6. The van der Waals surface area contributed by atoms with Crippen LogP contribution in [0.5, 0.6) is 0 Å². The number of hydrogen-bond donors (Lipinski definition) is 2. The van der Waals surface area contributed by atoms with Crippen LogP contribution in [0.2, 0.25) is 0 Å². The van der Waals surface area contributed by atoms with Crippen molar-refractivity contribution in [3.63, 3.8) is 0 Å². The third-order valence-electron chi connectivity index (χ3n) is 5.08. The number of nitrogens with one attached hydrogen (secondary N) is 2. The third kappa shape index (κ3) is 5.19. The van der Waals surface area contributed by atoms with Crippen molar-refractivity contribution < 1.29 is 9.59 Å². The molecule has 0 bridgehead atoms. The number of piperazine rings is 1. The minimum absolute atomic E-state index is 0. The summed E-state index contributed by atoms with van der Waals surface area (Å²) >= 11 is 0. The van der Waals surface area contributed by atoms with Crippen molar-refractivity contribution >= 4 is 29.9 Å². The number of benzene rings is 1. The fourth-order valence-corrected chi connectivity index (χ4v) is 3.59. The highest BCUT2D eigenvalue weighted by atomic mass is 35.5. The summed E-state index contributed by atoms with van der Waals surface area (Å²) in [6.07, 6.45) is 2.92. The molecule has 1 aromatic rings. The van der Waals surface area contributed by atoms with Gasteiger partial charge in [0.15, 0.2) is 0 Å². The van der Waals surface area contributed by atoms with Gasteiger partial charge in [0.1, 0.15) is 0 Å². The molecule has 0 aliphatic carbocycles. The molecular weight excluding hydrogens is 352 g/mol. The molecule has 1 atom stereocenters. The maximum Gasteiger partial charge on any atom is 0.239 e. The van der Waals surface area contributed by atoms with Crippen molar-refractivity contribution in [2.24, 2.45) is 0 Å². The smallest absolute Gasteiger partial charge is 0.239 e. The fourth-order valence-electron chi connectivity index (χ4n) is 3.59. The van der Waals surface area contributed by atoms with E-state index in [9.17, 15) is 9.59 Å². The van der Waals surface area contributed by atoms with Gasteiger partial charge in [0.25, 0.3) is 0 Å². The maximum atomic E-state index is 12.4. The van der Waals surface area contributed by atoms with Crippen LogP contribution in [0.25, 0.3) is 0 Å². The van der Waals surface area contributed by atoms with E-state index in [0.717, 1.165) is 50.1 Å². The van der Waals surface area contributed by atoms with Crippen molar-refractivity contribution in [3.8, 4) is 0 Å². The van der Waals surface area contributed by atoms with Gasteiger partial charge in [0, 0.05) is 31.9 Å². The van der Waals surface area contributed by atoms with E-state index < -0.39 is 0 Å². The number of rotatable bonds is 5. The van der Waals surface area contributed by atoms with Crippen molar-refractivity contribution in [1.82, 2.24) is 15.1 Å². The molecule has 0 spiro atoms. The van der Waals surface area contributed by atoms with Crippen LogP contribution in [0.3, 0.4) is 0 Å². The molecule has 26 heavy (non-hydrogen) atoms. The van der Waals surface area contributed by atoms with Gasteiger partial charge >= 0.3 is 0 Å². The molecule has 2 aliphatic heterocycles. The Morgan fingerprint density at radius 2 is 1.92 bits per heavy atom. The van der Waals surface area contributed by atoms with Crippen molar-refractivity contribution in [2.45, 2.75) is 32.2 Å². The highest BCUT2D eigenvalue weighted by molar-refractivity contribution is 5.93. The van der Waals surface area contributed by atoms with Crippen LogP contribution >= 0.6 is 12.4 Å². The average molecular weight is 381 g/mol. The zero-order valence-electron chi connectivity index (χ0n) is 15.4. The van der Waals surface area contributed by atoms with Crippen molar-refractivity contribution in [1.29, 1.82) is 0 Å². The Balaban J connectivity index is 0.00000243. The number of aryl methyl sites for hydroxylation is 1. The normalized spacial score (nSPS) is 20.5. The van der Waals surface area contributed by atoms with E-state index in [1.807, 2.05) is 29.2 Å². The first-order valence-electron chi connectivity index (χ1n) is 9.29. The fraction of sp³-hybridized carbons (Fsp3) is 0.579. The topological polar surface area (TPSA) is 64.7 Å². The van der Waals surface area contributed by atoms with Gasteiger partial charge in [0.05, 0.1) is 12.6 Å². The molecule has 7 heteroatoms. The molecule has 2 N–H and O–H groups in total. The lowest BCUT2D eigenvalue weighted by Gasteiger charge is -2.35. The summed E-state index contributed by atoms with van der Waals surface area (Å²) in [5.74, 6) is 0.233. The Hall–Kier alpha value is -1.63. The third-order valence-corrected chi connectivity index (χ3v) is 5.08. The molecule has 0 radical (unpaired) electrons. The predicted octanol–water partition coefficient (Wildman–Crippen LogP) is 1.51. The maximum absolute atomic E-state index is 12.4. The number of carbonyl (C=O) groups is 2. The SMILES string of the molecule is CCc1ccccc1NC(=O)CN1CCN(C(=O)C2CCCN2)CC1.Cl. The minimum Gasteiger partial charge on any atom is -0.339 e. The highest BCUT2D eigenvalue weighted by Gasteiger charge is 2.29. The lowest BCUT2D eigenvalue weighted by molar-refractivity contribution is -0.135. The van der Waals surface area contributed by atoms with Crippen LogP contribution in [0.1, 0.15) is 25.3 Å². The highest BCUT2D eigenvalue weighted by Crippen LogP contribution is 2.16. The summed E-state index contributed by atoms with van der Waals surface area (Å²) in [6.45, 7) is 6.31. The van der Waals surface area contributed by atoms with Crippen LogP contribution in [0.4, 0.5) is 5.69 Å². The molecule has 2 aliphatic rings. The van der Waals surface area contributed by atoms with Crippen molar-refractivity contribution in [2.75, 3.05) is 44.6 Å². The molecule has 0 saturated carbocycles. The molecule has 1 aromatic carbocycles. The minimum atomic E-state index is 0. The number of carbonyl (C=O) groups excluding carboxylic acids is 2. The van der Waals surface area contributed by atoms with E-state index in [-0.39, 0.29) is 30.3 Å². The number of amides is 2. The summed E-state index contributed by atoms with van der Waals surface area (Å²) < 4.78 is 0. The monoisotopic (exact) mass is 380 g/mol. The summed E-state index contributed by atoms with van der Waals surface area (Å²) in [4.78, 5) is 28.8. The number of hydrogen-bond acceptors (Lipinski definition) is 4. The second-order valence-electron chi connectivity index (χ2n) is 6.81. The van der Waals surface area contributed by atoms with E-state index >= 15 is 0 Å². The van der Waals surface area contributed by atoms with E-state index in [1.165, 1.54) is 0 Å². The number of halogens is 1. The van der Waals surface area contributed by atoms with Gasteiger partial charge in [-0.3, -0.25) is 14.5 Å². The second kappa shape index (κ2) is 9.90. The van der Waals surface area contributed by atoms with Crippen LogP contribution in [-0.4, -0.2) is 66.9 Å². The lowest BCUT2D eigenvalue weighted by atomic mass is 10.1. The van der Waals surface area contributed by atoms with E-state index in [0.29, 0.717) is 19.6 Å². The lowest BCUT2D eigenvalue weighted by Crippen LogP contribution is -2.54. The van der Waals surface area contributed by atoms with Gasteiger partial charge in [-0.2, -0.15) is 0 Å². The summed E-state index contributed by atoms with van der Waals surface area (Å²) in [7, 11) is 0. The molecule has 2 saturated heterocycles. The molecule has 144 valence electrons. The Labute approximate surface area is 161 Å². The predicted molar refractivity (Wildman–Crippen MR) is 106 cm³/mol. The van der Waals surface area contributed by atoms with Crippen LogP contribution in [0.15, 0.2) is 24.3 Å². The first kappa shape index (κ1) is 20.7. The van der Waals surface area contributed by atoms with Gasteiger partial charge in [-0.1, -0.05) is 25.1 Å². The summed E-state index contributed by atoms with van der Waals surface area (Å²) in [6, 6.07) is 7.92.